The first-order valence-electron chi connectivity index (χ1n) is 6.22. The molecule has 0 atom stereocenters. The van der Waals surface area contributed by atoms with E-state index in [1.54, 1.807) is 0 Å². The van der Waals surface area contributed by atoms with Gasteiger partial charge in [-0.05, 0) is 12.5 Å². The maximum atomic E-state index is 6.16. The molecule has 18 heavy (non-hydrogen) atoms. The summed E-state index contributed by atoms with van der Waals surface area (Å²) in [4.78, 5) is 0. The Morgan fingerprint density at radius 3 is 2.89 bits per heavy atom. The van der Waals surface area contributed by atoms with Crippen molar-refractivity contribution in [3.05, 3.63) is 28.8 Å². The number of halogens is 1. The molecule has 1 N–H and O–H groups in total. The molecular formula is C15H20ClNO. The van der Waals surface area contributed by atoms with Crippen molar-refractivity contribution < 1.29 is 4.74 Å². The second-order valence-corrected chi connectivity index (χ2v) is 4.83. The van der Waals surface area contributed by atoms with Crippen LogP contribution in [0.4, 0.5) is 0 Å². The summed E-state index contributed by atoms with van der Waals surface area (Å²) in [5.41, 5.74) is 1.08. The average Bonchev–Trinajstić information content (AvgIpc) is 2.34. The van der Waals surface area contributed by atoms with E-state index < -0.39 is 0 Å². The summed E-state index contributed by atoms with van der Waals surface area (Å²) in [5, 5.41) is 4.01. The highest BCUT2D eigenvalue weighted by Gasteiger charge is 2.08. The van der Waals surface area contributed by atoms with Gasteiger partial charge in [-0.1, -0.05) is 37.6 Å². The lowest BCUT2D eigenvalue weighted by atomic mass is 10.2. The first-order valence-corrected chi connectivity index (χ1v) is 6.60. The van der Waals surface area contributed by atoms with Crippen LogP contribution in [0.3, 0.4) is 0 Å². The van der Waals surface area contributed by atoms with E-state index in [0.29, 0.717) is 17.7 Å². The molecule has 1 aromatic carbocycles. The Kier molecular flexibility index (Phi) is 6.64. The molecule has 0 bridgehead atoms. The fourth-order valence-corrected chi connectivity index (χ4v) is 1.77. The lowest BCUT2D eigenvalue weighted by molar-refractivity contribution is 0.309. The fraction of sp³-hybridized carbons (Fsp3) is 0.467. The number of hydrogen-bond donors (Lipinski definition) is 1. The molecule has 0 unspecified atom stereocenters. The molecule has 0 aliphatic rings. The quantitative estimate of drug-likeness (QED) is 0.600. The van der Waals surface area contributed by atoms with Gasteiger partial charge in [0.15, 0.2) is 0 Å². The zero-order valence-corrected chi connectivity index (χ0v) is 11.8. The molecular weight excluding hydrogens is 246 g/mol. The van der Waals surface area contributed by atoms with Crippen LogP contribution in [-0.4, -0.2) is 12.6 Å². The number of hydrogen-bond acceptors (Lipinski definition) is 2. The van der Waals surface area contributed by atoms with E-state index in [1.807, 2.05) is 18.2 Å². The zero-order chi connectivity index (χ0) is 13.4. The maximum absolute atomic E-state index is 6.16. The number of nitrogens with one attached hydrogen (secondary N) is 1. The van der Waals surface area contributed by atoms with Crippen molar-refractivity contribution in [2.24, 2.45) is 0 Å². The summed E-state index contributed by atoms with van der Waals surface area (Å²) in [6.07, 6.45) is 6.78. The fourth-order valence-electron chi connectivity index (χ4n) is 1.52. The summed E-state index contributed by atoms with van der Waals surface area (Å²) in [6, 6.07) is 6.24. The Morgan fingerprint density at radius 2 is 2.22 bits per heavy atom. The first kappa shape index (κ1) is 14.9. The van der Waals surface area contributed by atoms with Crippen LogP contribution in [0.5, 0.6) is 5.75 Å². The first-order chi connectivity index (χ1) is 8.65. The summed E-state index contributed by atoms with van der Waals surface area (Å²) in [5.74, 6) is 3.37. The van der Waals surface area contributed by atoms with Crippen LogP contribution in [0.15, 0.2) is 18.2 Å². The molecule has 1 rings (SSSR count). The number of unbranched alkanes of at least 4 members (excludes halogenated alkanes) is 1. The molecule has 2 nitrogen and oxygen atoms in total. The van der Waals surface area contributed by atoms with Crippen LogP contribution < -0.4 is 10.1 Å². The van der Waals surface area contributed by atoms with E-state index in [0.717, 1.165) is 30.7 Å². The van der Waals surface area contributed by atoms with Gasteiger partial charge in [-0.25, -0.2) is 0 Å². The number of terminal acetylenes is 1. The molecule has 0 amide bonds. The maximum Gasteiger partial charge on any atom is 0.142 e. The SMILES string of the molecule is C#CCCCOc1c(Cl)cccc1CNC(C)C. The largest absolute Gasteiger partial charge is 0.492 e. The molecule has 0 radical (unpaired) electrons. The van der Waals surface area contributed by atoms with Crippen molar-refractivity contribution in [1.29, 1.82) is 0 Å². The van der Waals surface area contributed by atoms with Gasteiger partial charge in [0, 0.05) is 24.6 Å². The Bertz CT molecular complexity index is 409. The molecule has 0 heterocycles. The van der Waals surface area contributed by atoms with Gasteiger partial charge in [0.2, 0.25) is 0 Å². The van der Waals surface area contributed by atoms with E-state index in [4.69, 9.17) is 22.8 Å². The highest BCUT2D eigenvalue weighted by atomic mass is 35.5. The van der Waals surface area contributed by atoms with Crippen LogP contribution in [0.2, 0.25) is 5.02 Å². The highest BCUT2D eigenvalue weighted by Crippen LogP contribution is 2.28. The lowest BCUT2D eigenvalue weighted by Crippen LogP contribution is -2.22. The Labute approximate surface area is 115 Å². The van der Waals surface area contributed by atoms with Gasteiger partial charge in [0.1, 0.15) is 5.75 Å². The number of para-hydroxylation sites is 1. The molecule has 0 fully saturated rings. The molecule has 0 aliphatic heterocycles. The van der Waals surface area contributed by atoms with E-state index in [9.17, 15) is 0 Å². The van der Waals surface area contributed by atoms with Crippen molar-refractivity contribution in [2.45, 2.75) is 39.3 Å². The Balaban J connectivity index is 2.65. The monoisotopic (exact) mass is 265 g/mol. The molecule has 0 saturated carbocycles. The molecule has 3 heteroatoms. The lowest BCUT2D eigenvalue weighted by Gasteiger charge is -2.14. The average molecular weight is 266 g/mol. The topological polar surface area (TPSA) is 21.3 Å². The van der Waals surface area contributed by atoms with Crippen molar-refractivity contribution in [3.8, 4) is 18.1 Å². The Hall–Kier alpha value is -1.17. The van der Waals surface area contributed by atoms with Gasteiger partial charge in [0.25, 0.3) is 0 Å². The van der Waals surface area contributed by atoms with Gasteiger partial charge in [0.05, 0.1) is 11.6 Å². The van der Waals surface area contributed by atoms with Crippen LogP contribution in [0.1, 0.15) is 32.3 Å². The van der Waals surface area contributed by atoms with Crippen LogP contribution in [-0.2, 0) is 6.54 Å². The predicted molar refractivity (Wildman–Crippen MR) is 77.0 cm³/mol. The zero-order valence-electron chi connectivity index (χ0n) is 11.0. The van der Waals surface area contributed by atoms with E-state index in [-0.39, 0.29) is 0 Å². The van der Waals surface area contributed by atoms with Gasteiger partial charge in [-0.2, -0.15) is 0 Å². The van der Waals surface area contributed by atoms with E-state index in [1.165, 1.54) is 0 Å². The van der Waals surface area contributed by atoms with Gasteiger partial charge >= 0.3 is 0 Å². The van der Waals surface area contributed by atoms with E-state index in [2.05, 4.69) is 25.1 Å². The van der Waals surface area contributed by atoms with Gasteiger partial charge in [-0.15, -0.1) is 12.3 Å². The van der Waals surface area contributed by atoms with Crippen LogP contribution >= 0.6 is 11.6 Å². The van der Waals surface area contributed by atoms with Crippen molar-refractivity contribution >= 4 is 11.6 Å². The third kappa shape index (κ3) is 5.00. The molecule has 0 spiro atoms. The van der Waals surface area contributed by atoms with Crippen LogP contribution in [0, 0.1) is 12.3 Å². The van der Waals surface area contributed by atoms with Gasteiger partial charge in [-0.3, -0.25) is 0 Å². The second kappa shape index (κ2) is 8.02. The van der Waals surface area contributed by atoms with Crippen LogP contribution in [0.25, 0.3) is 0 Å². The molecule has 0 aliphatic carbocycles. The predicted octanol–water partition coefficient (Wildman–Crippen LogP) is 3.63. The minimum atomic E-state index is 0.429. The number of benzene rings is 1. The van der Waals surface area contributed by atoms with Crippen molar-refractivity contribution in [3.63, 3.8) is 0 Å². The smallest absolute Gasteiger partial charge is 0.142 e. The number of rotatable bonds is 7. The summed E-state index contributed by atoms with van der Waals surface area (Å²) in [6.45, 7) is 5.57. The van der Waals surface area contributed by atoms with Crippen molar-refractivity contribution in [1.82, 2.24) is 5.32 Å². The second-order valence-electron chi connectivity index (χ2n) is 4.42. The molecule has 1 aromatic rings. The molecule has 98 valence electrons. The minimum absolute atomic E-state index is 0.429. The summed E-state index contributed by atoms with van der Waals surface area (Å²) >= 11 is 6.16. The standard InChI is InChI=1S/C15H20ClNO/c1-4-5-6-10-18-15-13(11-17-12(2)3)8-7-9-14(15)16/h1,7-9,12,17H,5-6,10-11H2,2-3H3. The molecule has 0 saturated heterocycles. The Morgan fingerprint density at radius 1 is 1.44 bits per heavy atom. The highest BCUT2D eigenvalue weighted by molar-refractivity contribution is 6.32. The van der Waals surface area contributed by atoms with Crippen molar-refractivity contribution in [2.75, 3.05) is 6.61 Å². The third-order valence-electron chi connectivity index (χ3n) is 2.46. The summed E-state index contributed by atoms with van der Waals surface area (Å²) in [7, 11) is 0. The van der Waals surface area contributed by atoms with Gasteiger partial charge < -0.3 is 10.1 Å². The normalized spacial score (nSPS) is 10.4. The third-order valence-corrected chi connectivity index (χ3v) is 2.76. The summed E-state index contributed by atoms with van der Waals surface area (Å²) < 4.78 is 5.73. The molecule has 0 aromatic heterocycles. The van der Waals surface area contributed by atoms with E-state index >= 15 is 0 Å². The minimum Gasteiger partial charge on any atom is -0.492 e. The number of ether oxygens (including phenoxy) is 1.